The van der Waals surface area contributed by atoms with E-state index in [9.17, 15) is 14.0 Å². The normalized spacial score (nSPS) is 15.0. The van der Waals surface area contributed by atoms with Crippen LogP contribution in [0.4, 0.5) is 15.8 Å². The Bertz CT molecular complexity index is 720. The van der Waals surface area contributed by atoms with Crippen molar-refractivity contribution >= 4 is 23.2 Å². The fourth-order valence-corrected chi connectivity index (χ4v) is 2.88. The largest absolute Gasteiger partial charge is 0.323 e. The highest BCUT2D eigenvalue weighted by molar-refractivity contribution is 6.08. The summed E-state index contributed by atoms with van der Waals surface area (Å²) in [5.74, 6) is -0.915. The standard InChI is InChI=1S/C17H19FN4O2/c18-12-6-8-13(9-7-12)20-17(24)15-14(10-19-22-15)21-16(23)11-4-2-1-3-5-11/h6-11H,1-5H2,(H,19,22)(H,20,24)(H,21,23). The van der Waals surface area contributed by atoms with E-state index in [0.29, 0.717) is 11.4 Å². The van der Waals surface area contributed by atoms with E-state index in [0.717, 1.165) is 25.7 Å². The molecule has 0 radical (unpaired) electrons. The first-order valence-corrected chi connectivity index (χ1v) is 8.04. The average molecular weight is 330 g/mol. The van der Waals surface area contributed by atoms with Gasteiger partial charge in [-0.1, -0.05) is 19.3 Å². The van der Waals surface area contributed by atoms with Gasteiger partial charge in [-0.3, -0.25) is 14.7 Å². The predicted molar refractivity (Wildman–Crippen MR) is 88.1 cm³/mol. The topological polar surface area (TPSA) is 86.9 Å². The lowest BCUT2D eigenvalue weighted by atomic mass is 9.88. The number of H-pyrrole nitrogens is 1. The molecule has 6 nitrogen and oxygen atoms in total. The van der Waals surface area contributed by atoms with Crippen LogP contribution in [0.3, 0.4) is 0 Å². The third kappa shape index (κ3) is 3.79. The van der Waals surface area contributed by atoms with Crippen molar-refractivity contribution in [2.45, 2.75) is 32.1 Å². The van der Waals surface area contributed by atoms with Crippen molar-refractivity contribution in [3.8, 4) is 0 Å². The van der Waals surface area contributed by atoms with E-state index in [1.165, 1.54) is 36.9 Å². The molecule has 1 aromatic carbocycles. The van der Waals surface area contributed by atoms with Crippen LogP contribution in [0.1, 0.15) is 42.6 Å². The van der Waals surface area contributed by atoms with Crippen molar-refractivity contribution in [3.05, 3.63) is 42.0 Å². The van der Waals surface area contributed by atoms with Gasteiger partial charge in [0.1, 0.15) is 11.5 Å². The van der Waals surface area contributed by atoms with Gasteiger partial charge in [-0.15, -0.1) is 0 Å². The van der Waals surface area contributed by atoms with Crippen LogP contribution < -0.4 is 10.6 Å². The molecule has 2 amide bonds. The highest BCUT2D eigenvalue weighted by Crippen LogP contribution is 2.25. The molecule has 24 heavy (non-hydrogen) atoms. The summed E-state index contributed by atoms with van der Waals surface area (Å²) in [5.41, 5.74) is 0.981. The number of carbonyl (C=O) groups excluding carboxylic acids is 2. The molecule has 1 heterocycles. The highest BCUT2D eigenvalue weighted by atomic mass is 19.1. The van der Waals surface area contributed by atoms with E-state index in [2.05, 4.69) is 20.8 Å². The number of aromatic amines is 1. The molecule has 1 aliphatic rings. The minimum atomic E-state index is -0.446. The molecule has 1 aromatic heterocycles. The molecule has 1 saturated carbocycles. The minimum absolute atomic E-state index is 0.0124. The number of hydrogen-bond donors (Lipinski definition) is 3. The Balaban J connectivity index is 1.66. The number of amides is 2. The number of rotatable bonds is 4. The number of aromatic nitrogens is 2. The third-order valence-electron chi connectivity index (χ3n) is 4.20. The lowest BCUT2D eigenvalue weighted by Gasteiger charge is -2.20. The molecular formula is C17H19FN4O2. The first-order chi connectivity index (χ1) is 11.6. The summed E-state index contributed by atoms with van der Waals surface area (Å²) in [6, 6.07) is 5.44. The molecule has 3 rings (SSSR count). The van der Waals surface area contributed by atoms with Crippen molar-refractivity contribution in [1.29, 1.82) is 0 Å². The second-order valence-electron chi connectivity index (χ2n) is 5.94. The maximum Gasteiger partial charge on any atom is 0.275 e. The van der Waals surface area contributed by atoms with Crippen LogP contribution in [-0.2, 0) is 4.79 Å². The summed E-state index contributed by atoms with van der Waals surface area (Å²) >= 11 is 0. The van der Waals surface area contributed by atoms with Gasteiger partial charge in [0.15, 0.2) is 0 Å². The molecule has 0 aliphatic heterocycles. The van der Waals surface area contributed by atoms with Crippen LogP contribution in [0, 0.1) is 11.7 Å². The fraction of sp³-hybridized carbons (Fsp3) is 0.353. The number of benzene rings is 1. The summed E-state index contributed by atoms with van der Waals surface area (Å²) in [6.07, 6.45) is 6.45. The molecule has 0 atom stereocenters. The predicted octanol–water partition coefficient (Wildman–Crippen LogP) is 3.32. The van der Waals surface area contributed by atoms with Gasteiger partial charge in [0.2, 0.25) is 5.91 Å². The van der Waals surface area contributed by atoms with Gasteiger partial charge in [0.25, 0.3) is 5.91 Å². The first kappa shape index (κ1) is 16.2. The van der Waals surface area contributed by atoms with Gasteiger partial charge in [-0.2, -0.15) is 5.10 Å². The molecule has 2 aromatic rings. The quantitative estimate of drug-likeness (QED) is 0.803. The summed E-state index contributed by atoms with van der Waals surface area (Å²) in [6.45, 7) is 0. The zero-order valence-electron chi connectivity index (χ0n) is 13.1. The molecule has 3 N–H and O–H groups in total. The molecular weight excluding hydrogens is 311 g/mol. The molecule has 7 heteroatoms. The van der Waals surface area contributed by atoms with Gasteiger partial charge < -0.3 is 10.6 Å². The third-order valence-corrected chi connectivity index (χ3v) is 4.20. The zero-order chi connectivity index (χ0) is 16.9. The lowest BCUT2D eigenvalue weighted by molar-refractivity contribution is -0.120. The number of anilines is 2. The minimum Gasteiger partial charge on any atom is -0.323 e. The van der Waals surface area contributed by atoms with Gasteiger partial charge in [-0.05, 0) is 37.1 Å². The summed E-state index contributed by atoms with van der Waals surface area (Å²) in [4.78, 5) is 24.6. The Morgan fingerprint density at radius 3 is 2.50 bits per heavy atom. The molecule has 1 aliphatic carbocycles. The maximum atomic E-state index is 12.9. The molecule has 126 valence electrons. The van der Waals surface area contributed by atoms with Crippen LogP contribution in [0.5, 0.6) is 0 Å². The molecule has 0 unspecified atom stereocenters. The van der Waals surface area contributed by atoms with Gasteiger partial charge in [-0.25, -0.2) is 4.39 Å². The second kappa shape index (κ2) is 7.25. The van der Waals surface area contributed by atoms with Gasteiger partial charge in [0, 0.05) is 11.6 Å². The number of nitrogens with zero attached hydrogens (tertiary/aromatic N) is 1. The molecule has 0 spiro atoms. The fourth-order valence-electron chi connectivity index (χ4n) is 2.88. The zero-order valence-corrected chi connectivity index (χ0v) is 13.1. The summed E-state index contributed by atoms with van der Waals surface area (Å²) in [7, 11) is 0. The summed E-state index contributed by atoms with van der Waals surface area (Å²) in [5, 5.41) is 11.9. The SMILES string of the molecule is O=C(Nc1ccc(F)cc1)c1[nH]ncc1NC(=O)C1CCCCC1. The number of halogens is 1. The van der Waals surface area contributed by atoms with Crippen molar-refractivity contribution in [2.24, 2.45) is 5.92 Å². The number of carbonyl (C=O) groups is 2. The van der Waals surface area contributed by atoms with Gasteiger partial charge in [0.05, 0.1) is 11.9 Å². The number of nitrogens with one attached hydrogen (secondary N) is 3. The van der Waals surface area contributed by atoms with E-state index in [-0.39, 0.29) is 23.3 Å². The van der Waals surface area contributed by atoms with Crippen LogP contribution in [0.15, 0.2) is 30.5 Å². The van der Waals surface area contributed by atoms with Crippen molar-refractivity contribution in [1.82, 2.24) is 10.2 Å². The average Bonchev–Trinajstić information content (AvgIpc) is 3.06. The van der Waals surface area contributed by atoms with Crippen LogP contribution >= 0.6 is 0 Å². The summed E-state index contributed by atoms with van der Waals surface area (Å²) < 4.78 is 12.9. The first-order valence-electron chi connectivity index (χ1n) is 8.04. The van der Waals surface area contributed by atoms with E-state index in [1.54, 1.807) is 0 Å². The van der Waals surface area contributed by atoms with E-state index in [4.69, 9.17) is 0 Å². The van der Waals surface area contributed by atoms with Crippen LogP contribution in [-0.4, -0.2) is 22.0 Å². The molecule has 1 fully saturated rings. The second-order valence-corrected chi connectivity index (χ2v) is 5.94. The van der Waals surface area contributed by atoms with Crippen molar-refractivity contribution < 1.29 is 14.0 Å². The van der Waals surface area contributed by atoms with Crippen molar-refractivity contribution in [3.63, 3.8) is 0 Å². The number of hydrogen-bond acceptors (Lipinski definition) is 3. The Morgan fingerprint density at radius 1 is 1.08 bits per heavy atom. The van der Waals surface area contributed by atoms with Crippen LogP contribution in [0.25, 0.3) is 0 Å². The molecule has 0 saturated heterocycles. The van der Waals surface area contributed by atoms with E-state index >= 15 is 0 Å². The Labute approximate surface area is 138 Å². The Hall–Kier alpha value is -2.70. The highest BCUT2D eigenvalue weighted by Gasteiger charge is 2.23. The van der Waals surface area contributed by atoms with E-state index < -0.39 is 5.91 Å². The monoisotopic (exact) mass is 330 g/mol. The lowest BCUT2D eigenvalue weighted by Crippen LogP contribution is -2.26. The Morgan fingerprint density at radius 2 is 1.79 bits per heavy atom. The molecule has 0 bridgehead atoms. The smallest absolute Gasteiger partial charge is 0.275 e. The van der Waals surface area contributed by atoms with Crippen LogP contribution in [0.2, 0.25) is 0 Å². The van der Waals surface area contributed by atoms with Gasteiger partial charge >= 0.3 is 0 Å². The van der Waals surface area contributed by atoms with Crippen molar-refractivity contribution in [2.75, 3.05) is 10.6 Å². The Kier molecular flexibility index (Phi) is 4.88. The van der Waals surface area contributed by atoms with E-state index in [1.807, 2.05) is 0 Å². The maximum absolute atomic E-state index is 12.9.